The summed E-state index contributed by atoms with van der Waals surface area (Å²) in [7, 11) is 0. The van der Waals surface area contributed by atoms with E-state index >= 15 is 0 Å². The number of rotatable bonds is 11. The average Bonchev–Trinajstić information content (AvgIpc) is 3.11. The Bertz CT molecular complexity index is 945. The van der Waals surface area contributed by atoms with Crippen LogP contribution >= 0.6 is 0 Å². The molecule has 176 valence electrons. The van der Waals surface area contributed by atoms with Crippen molar-refractivity contribution in [2.75, 3.05) is 6.61 Å². The van der Waals surface area contributed by atoms with Crippen LogP contribution in [-0.4, -0.2) is 41.8 Å². The smallest absolute Gasteiger partial charge is 0.407 e. The highest BCUT2D eigenvalue weighted by molar-refractivity contribution is 5.86. The number of carboxylic acid groups (broad SMARTS) is 1. The van der Waals surface area contributed by atoms with E-state index in [1.807, 2.05) is 50.2 Å². The Kier molecular flexibility index (Phi) is 8.46. The van der Waals surface area contributed by atoms with Gasteiger partial charge in [0.25, 0.3) is 0 Å². The largest absolute Gasteiger partial charge is 0.481 e. The van der Waals surface area contributed by atoms with Crippen LogP contribution in [0, 0.1) is 0 Å². The number of amides is 2. The summed E-state index contributed by atoms with van der Waals surface area (Å²) in [6, 6.07) is 14.9. The van der Waals surface area contributed by atoms with Crippen LogP contribution in [0.25, 0.3) is 11.1 Å². The first kappa shape index (κ1) is 24.3. The minimum atomic E-state index is -0.967. The van der Waals surface area contributed by atoms with Gasteiger partial charge in [0.05, 0.1) is 6.42 Å². The molecule has 1 aliphatic rings. The molecule has 0 radical (unpaired) electrons. The predicted molar refractivity (Wildman–Crippen MR) is 126 cm³/mol. The fraction of sp³-hybridized carbons (Fsp3) is 0.423. The maximum atomic E-state index is 12.7. The number of carbonyl (C=O) groups excluding carboxylic acids is 2. The maximum Gasteiger partial charge on any atom is 0.407 e. The Labute approximate surface area is 194 Å². The van der Waals surface area contributed by atoms with Crippen molar-refractivity contribution in [2.24, 2.45) is 0 Å². The van der Waals surface area contributed by atoms with Crippen molar-refractivity contribution in [3.63, 3.8) is 0 Å². The van der Waals surface area contributed by atoms with Gasteiger partial charge in [-0.25, -0.2) is 4.79 Å². The molecule has 0 bridgehead atoms. The summed E-state index contributed by atoms with van der Waals surface area (Å²) in [5.74, 6) is -1.42. The SMILES string of the molecule is CCC[C@H](CC(=O)O)NC(=O)[C@H](CCC)NC(=O)OCC1c2ccccc2-c2ccccc21. The molecule has 2 amide bonds. The first-order chi connectivity index (χ1) is 15.9. The number of fused-ring (bicyclic) bond motifs is 3. The molecule has 2 aromatic rings. The van der Waals surface area contributed by atoms with E-state index < -0.39 is 24.1 Å². The van der Waals surface area contributed by atoms with Crippen LogP contribution in [0.4, 0.5) is 4.79 Å². The third-order valence-electron chi connectivity index (χ3n) is 5.93. The van der Waals surface area contributed by atoms with Crippen molar-refractivity contribution in [1.29, 1.82) is 0 Å². The lowest BCUT2D eigenvalue weighted by molar-refractivity contribution is -0.137. The molecule has 0 fully saturated rings. The molecule has 0 aliphatic heterocycles. The lowest BCUT2D eigenvalue weighted by atomic mass is 9.98. The first-order valence-corrected chi connectivity index (χ1v) is 11.6. The van der Waals surface area contributed by atoms with Crippen LogP contribution in [0.1, 0.15) is 63.0 Å². The minimum Gasteiger partial charge on any atom is -0.481 e. The second-order valence-corrected chi connectivity index (χ2v) is 8.40. The third-order valence-corrected chi connectivity index (χ3v) is 5.93. The topological polar surface area (TPSA) is 105 Å². The fourth-order valence-corrected chi connectivity index (χ4v) is 4.43. The van der Waals surface area contributed by atoms with E-state index in [2.05, 4.69) is 22.8 Å². The molecule has 3 N–H and O–H groups in total. The highest BCUT2D eigenvalue weighted by atomic mass is 16.5. The predicted octanol–water partition coefficient (Wildman–Crippen LogP) is 4.45. The summed E-state index contributed by atoms with van der Waals surface area (Å²) in [6.45, 7) is 4.01. The molecule has 7 heteroatoms. The zero-order valence-corrected chi connectivity index (χ0v) is 19.2. The Morgan fingerprint density at radius 2 is 1.48 bits per heavy atom. The lowest BCUT2D eigenvalue weighted by Crippen LogP contribution is -2.50. The van der Waals surface area contributed by atoms with Crippen molar-refractivity contribution in [1.82, 2.24) is 10.6 Å². The molecular weight excluding hydrogens is 420 g/mol. The highest BCUT2D eigenvalue weighted by Crippen LogP contribution is 2.44. The monoisotopic (exact) mass is 452 g/mol. The molecule has 33 heavy (non-hydrogen) atoms. The molecule has 2 aromatic carbocycles. The van der Waals surface area contributed by atoms with Gasteiger partial charge in [-0.3, -0.25) is 9.59 Å². The van der Waals surface area contributed by atoms with Gasteiger partial charge in [-0.05, 0) is 35.1 Å². The van der Waals surface area contributed by atoms with Gasteiger partial charge in [0.2, 0.25) is 5.91 Å². The second kappa shape index (κ2) is 11.5. The average molecular weight is 453 g/mol. The van der Waals surface area contributed by atoms with Gasteiger partial charge in [-0.2, -0.15) is 0 Å². The van der Waals surface area contributed by atoms with Gasteiger partial charge in [0, 0.05) is 12.0 Å². The second-order valence-electron chi connectivity index (χ2n) is 8.40. The van der Waals surface area contributed by atoms with Crippen LogP contribution in [0.3, 0.4) is 0 Å². The normalized spacial score (nSPS) is 14.0. The molecule has 2 atom stereocenters. The zero-order chi connectivity index (χ0) is 23.8. The van der Waals surface area contributed by atoms with Crippen LogP contribution in [0.2, 0.25) is 0 Å². The third kappa shape index (κ3) is 6.12. The molecule has 3 rings (SSSR count). The summed E-state index contributed by atoms with van der Waals surface area (Å²) in [4.78, 5) is 36.4. The van der Waals surface area contributed by atoms with E-state index in [-0.39, 0.29) is 24.9 Å². The van der Waals surface area contributed by atoms with Crippen LogP contribution < -0.4 is 10.6 Å². The highest BCUT2D eigenvalue weighted by Gasteiger charge is 2.30. The number of carboxylic acids is 1. The van der Waals surface area contributed by atoms with Gasteiger partial charge in [-0.1, -0.05) is 75.2 Å². The van der Waals surface area contributed by atoms with Crippen molar-refractivity contribution >= 4 is 18.0 Å². The van der Waals surface area contributed by atoms with E-state index in [1.54, 1.807) is 0 Å². The molecular formula is C26H32N2O5. The Balaban J connectivity index is 1.62. The van der Waals surface area contributed by atoms with Crippen LogP contribution in [0.5, 0.6) is 0 Å². The van der Waals surface area contributed by atoms with E-state index in [1.165, 1.54) is 0 Å². The fourth-order valence-electron chi connectivity index (χ4n) is 4.43. The van der Waals surface area contributed by atoms with Gasteiger partial charge in [0.15, 0.2) is 0 Å². The van der Waals surface area contributed by atoms with Gasteiger partial charge in [-0.15, -0.1) is 0 Å². The lowest BCUT2D eigenvalue weighted by Gasteiger charge is -2.22. The van der Waals surface area contributed by atoms with Gasteiger partial charge in [0.1, 0.15) is 12.6 Å². The van der Waals surface area contributed by atoms with Gasteiger partial charge >= 0.3 is 12.1 Å². The van der Waals surface area contributed by atoms with Crippen LogP contribution in [0.15, 0.2) is 48.5 Å². The van der Waals surface area contributed by atoms with E-state index in [9.17, 15) is 14.4 Å². The number of alkyl carbamates (subject to hydrolysis) is 1. The molecule has 0 spiro atoms. The number of benzene rings is 2. The minimum absolute atomic E-state index is 0.0638. The van der Waals surface area contributed by atoms with E-state index in [0.29, 0.717) is 19.3 Å². The van der Waals surface area contributed by atoms with E-state index in [4.69, 9.17) is 9.84 Å². The van der Waals surface area contributed by atoms with Crippen molar-refractivity contribution in [3.05, 3.63) is 59.7 Å². The van der Waals surface area contributed by atoms with E-state index in [0.717, 1.165) is 28.7 Å². The summed E-state index contributed by atoms with van der Waals surface area (Å²) in [6.07, 6.45) is 1.61. The van der Waals surface area contributed by atoms with Crippen LogP contribution in [-0.2, 0) is 14.3 Å². The molecule has 7 nitrogen and oxygen atoms in total. The summed E-state index contributed by atoms with van der Waals surface area (Å²) >= 11 is 0. The van der Waals surface area contributed by atoms with Crippen molar-refractivity contribution in [2.45, 2.75) is 64.0 Å². The number of hydrogen-bond donors (Lipinski definition) is 3. The molecule has 0 unspecified atom stereocenters. The Morgan fingerprint density at radius 1 is 0.909 bits per heavy atom. The zero-order valence-electron chi connectivity index (χ0n) is 19.2. The molecule has 1 aliphatic carbocycles. The molecule has 0 saturated heterocycles. The number of nitrogens with one attached hydrogen (secondary N) is 2. The number of carbonyl (C=O) groups is 3. The Morgan fingerprint density at radius 3 is 2.03 bits per heavy atom. The molecule has 0 saturated carbocycles. The standard InChI is InChI=1S/C26H32N2O5/c1-3-9-17(15-24(29)30)27-25(31)23(10-4-2)28-26(32)33-16-22-20-13-7-5-11-18(20)19-12-6-8-14-21(19)22/h5-8,11-14,17,22-23H,3-4,9-10,15-16H2,1-2H3,(H,27,31)(H,28,32)(H,29,30)/t17-,23+/m1/s1. The molecule has 0 aromatic heterocycles. The first-order valence-electron chi connectivity index (χ1n) is 11.6. The number of ether oxygens (including phenoxy) is 1. The Hall–Kier alpha value is -3.35. The van der Waals surface area contributed by atoms with Gasteiger partial charge < -0.3 is 20.5 Å². The number of hydrogen-bond acceptors (Lipinski definition) is 4. The molecule has 0 heterocycles. The van der Waals surface area contributed by atoms with Crippen molar-refractivity contribution < 1.29 is 24.2 Å². The summed E-state index contributed by atoms with van der Waals surface area (Å²) < 4.78 is 5.56. The maximum absolute atomic E-state index is 12.7. The summed E-state index contributed by atoms with van der Waals surface area (Å²) in [5.41, 5.74) is 4.52. The van der Waals surface area contributed by atoms with Crippen molar-refractivity contribution in [3.8, 4) is 11.1 Å². The summed E-state index contributed by atoms with van der Waals surface area (Å²) in [5, 5.41) is 14.5. The number of aliphatic carboxylic acids is 1. The quantitative estimate of drug-likeness (QED) is 0.467.